The third-order valence-corrected chi connectivity index (χ3v) is 3.64. The molecule has 0 aliphatic carbocycles. The number of hydrogen-bond acceptors (Lipinski definition) is 2. The van der Waals surface area contributed by atoms with Crippen LogP contribution < -0.4 is 10.6 Å². The minimum Gasteiger partial charge on any atom is -0.366 e. The number of nitrogens with zero attached hydrogens (tertiary/aromatic N) is 1. The van der Waals surface area contributed by atoms with Crippen molar-refractivity contribution < 1.29 is 0 Å². The quantitative estimate of drug-likeness (QED) is 0.865. The van der Waals surface area contributed by atoms with E-state index in [1.54, 1.807) is 0 Å². The average Bonchev–Trinajstić information content (AvgIpc) is 2.69. The summed E-state index contributed by atoms with van der Waals surface area (Å²) in [7, 11) is 0. The van der Waals surface area contributed by atoms with Gasteiger partial charge >= 0.3 is 0 Å². The van der Waals surface area contributed by atoms with Crippen molar-refractivity contribution >= 4 is 5.69 Å². The molecule has 17 heavy (non-hydrogen) atoms. The van der Waals surface area contributed by atoms with E-state index < -0.39 is 0 Å². The van der Waals surface area contributed by atoms with Crippen LogP contribution in [0.3, 0.4) is 0 Å². The van der Waals surface area contributed by atoms with E-state index in [9.17, 15) is 0 Å². The van der Waals surface area contributed by atoms with Gasteiger partial charge in [-0.15, -0.1) is 0 Å². The molecule has 0 amide bonds. The molecule has 94 valence electrons. The van der Waals surface area contributed by atoms with Crippen LogP contribution in [-0.4, -0.2) is 18.6 Å². The van der Waals surface area contributed by atoms with Gasteiger partial charge in [-0.1, -0.05) is 32.0 Å². The van der Waals surface area contributed by atoms with Gasteiger partial charge in [0.1, 0.15) is 0 Å². The Hall–Kier alpha value is -1.02. The highest BCUT2D eigenvalue weighted by atomic mass is 15.2. The Bertz CT molecular complexity index is 371. The second-order valence-corrected chi connectivity index (χ2v) is 5.63. The molecule has 1 aromatic carbocycles. The lowest BCUT2D eigenvalue weighted by Gasteiger charge is -2.34. The number of nitrogens with two attached hydrogens (primary N) is 1. The van der Waals surface area contributed by atoms with Crippen molar-refractivity contribution in [3.63, 3.8) is 0 Å². The van der Waals surface area contributed by atoms with Crippen molar-refractivity contribution in [3.8, 4) is 0 Å². The molecule has 2 atom stereocenters. The molecule has 1 heterocycles. The molecule has 2 rings (SSSR count). The molecule has 0 radical (unpaired) electrons. The van der Waals surface area contributed by atoms with Gasteiger partial charge < -0.3 is 10.6 Å². The van der Waals surface area contributed by atoms with Gasteiger partial charge in [0.05, 0.1) is 0 Å². The number of hydrogen-bond donors (Lipinski definition) is 1. The Morgan fingerprint density at radius 3 is 2.59 bits per heavy atom. The first-order chi connectivity index (χ1) is 8.09. The second kappa shape index (κ2) is 5.09. The zero-order chi connectivity index (χ0) is 12.4. The van der Waals surface area contributed by atoms with E-state index in [4.69, 9.17) is 5.73 Å². The van der Waals surface area contributed by atoms with Crippen LogP contribution in [0.4, 0.5) is 5.69 Å². The smallest absolute Gasteiger partial charge is 0.0441 e. The highest BCUT2D eigenvalue weighted by Gasteiger charge is 2.28. The van der Waals surface area contributed by atoms with Crippen molar-refractivity contribution in [3.05, 3.63) is 29.8 Å². The SMILES string of the molecule is CC(C)C[C@@H]([C@H](C)N)N1CCc2ccccc21. The number of rotatable bonds is 4. The van der Waals surface area contributed by atoms with Gasteiger partial charge in [0.15, 0.2) is 0 Å². The molecular formula is C15H24N2. The topological polar surface area (TPSA) is 29.3 Å². The highest BCUT2D eigenvalue weighted by molar-refractivity contribution is 5.58. The lowest BCUT2D eigenvalue weighted by Crippen LogP contribution is -2.46. The van der Waals surface area contributed by atoms with Crippen molar-refractivity contribution in [2.45, 2.75) is 45.7 Å². The predicted octanol–water partition coefficient (Wildman–Crippen LogP) is 2.81. The largest absolute Gasteiger partial charge is 0.366 e. The monoisotopic (exact) mass is 232 g/mol. The predicted molar refractivity (Wildman–Crippen MR) is 74.4 cm³/mol. The maximum atomic E-state index is 6.18. The van der Waals surface area contributed by atoms with Gasteiger partial charge in [-0.3, -0.25) is 0 Å². The van der Waals surface area contributed by atoms with Crippen LogP contribution >= 0.6 is 0 Å². The zero-order valence-electron chi connectivity index (χ0n) is 11.2. The van der Waals surface area contributed by atoms with Crippen LogP contribution in [0.15, 0.2) is 24.3 Å². The van der Waals surface area contributed by atoms with Gasteiger partial charge in [0.25, 0.3) is 0 Å². The summed E-state index contributed by atoms with van der Waals surface area (Å²) < 4.78 is 0. The van der Waals surface area contributed by atoms with Crippen LogP contribution in [0.25, 0.3) is 0 Å². The van der Waals surface area contributed by atoms with E-state index >= 15 is 0 Å². The Morgan fingerprint density at radius 2 is 1.94 bits per heavy atom. The molecule has 2 heteroatoms. The molecule has 2 N–H and O–H groups in total. The molecule has 0 spiro atoms. The summed E-state index contributed by atoms with van der Waals surface area (Å²) >= 11 is 0. The van der Waals surface area contributed by atoms with Gasteiger partial charge in [-0.2, -0.15) is 0 Å². The second-order valence-electron chi connectivity index (χ2n) is 5.63. The molecule has 0 aromatic heterocycles. The van der Waals surface area contributed by atoms with E-state index in [2.05, 4.69) is 49.9 Å². The average molecular weight is 232 g/mol. The van der Waals surface area contributed by atoms with E-state index in [0.717, 1.165) is 13.0 Å². The molecule has 0 bridgehead atoms. The molecule has 2 nitrogen and oxygen atoms in total. The molecule has 0 saturated heterocycles. The number of fused-ring (bicyclic) bond motifs is 1. The van der Waals surface area contributed by atoms with Crippen molar-refractivity contribution in [1.29, 1.82) is 0 Å². The summed E-state index contributed by atoms with van der Waals surface area (Å²) in [6, 6.07) is 9.43. The van der Waals surface area contributed by atoms with Crippen molar-refractivity contribution in [1.82, 2.24) is 0 Å². The Morgan fingerprint density at radius 1 is 1.24 bits per heavy atom. The van der Waals surface area contributed by atoms with Crippen molar-refractivity contribution in [2.75, 3.05) is 11.4 Å². The lowest BCUT2D eigenvalue weighted by molar-refractivity contribution is 0.424. The lowest BCUT2D eigenvalue weighted by atomic mass is 9.97. The fourth-order valence-electron chi connectivity index (χ4n) is 2.82. The molecular weight excluding hydrogens is 208 g/mol. The number of para-hydroxylation sites is 1. The molecule has 0 saturated carbocycles. The summed E-state index contributed by atoms with van der Waals surface area (Å²) in [6.07, 6.45) is 2.34. The maximum absolute atomic E-state index is 6.18. The third kappa shape index (κ3) is 2.63. The first-order valence-corrected chi connectivity index (χ1v) is 6.69. The van der Waals surface area contributed by atoms with Gasteiger partial charge in [-0.05, 0) is 37.3 Å². The van der Waals surface area contributed by atoms with Crippen LogP contribution in [0.1, 0.15) is 32.8 Å². The fourth-order valence-corrected chi connectivity index (χ4v) is 2.82. The number of anilines is 1. The van der Waals surface area contributed by atoms with Gasteiger partial charge in [0, 0.05) is 24.3 Å². The summed E-state index contributed by atoms with van der Waals surface area (Å²) in [5, 5.41) is 0. The standard InChI is InChI=1S/C15H24N2/c1-11(2)10-15(12(3)16)17-9-8-13-6-4-5-7-14(13)17/h4-7,11-12,15H,8-10,16H2,1-3H3/t12-,15-/m0/s1. The highest BCUT2D eigenvalue weighted by Crippen LogP contribution is 2.31. The molecule has 1 aliphatic rings. The zero-order valence-corrected chi connectivity index (χ0v) is 11.2. The Kier molecular flexibility index (Phi) is 3.72. The summed E-state index contributed by atoms with van der Waals surface area (Å²) in [5.74, 6) is 0.693. The van der Waals surface area contributed by atoms with Crippen LogP contribution in [0.5, 0.6) is 0 Å². The molecule has 0 unspecified atom stereocenters. The first-order valence-electron chi connectivity index (χ1n) is 6.69. The first kappa shape index (κ1) is 12.4. The summed E-state index contributed by atoms with van der Waals surface area (Å²) in [6.45, 7) is 7.81. The molecule has 1 aliphatic heterocycles. The Labute approximate surface area is 105 Å². The van der Waals surface area contributed by atoms with Crippen LogP contribution in [0, 0.1) is 5.92 Å². The van der Waals surface area contributed by atoms with Crippen LogP contribution in [-0.2, 0) is 6.42 Å². The van der Waals surface area contributed by atoms with E-state index in [-0.39, 0.29) is 6.04 Å². The van der Waals surface area contributed by atoms with E-state index in [1.807, 2.05) is 0 Å². The minimum absolute atomic E-state index is 0.226. The van der Waals surface area contributed by atoms with Gasteiger partial charge in [0.2, 0.25) is 0 Å². The summed E-state index contributed by atoms with van der Waals surface area (Å²) in [5.41, 5.74) is 9.05. The molecule has 1 aromatic rings. The van der Waals surface area contributed by atoms with Crippen LogP contribution in [0.2, 0.25) is 0 Å². The number of benzene rings is 1. The third-order valence-electron chi connectivity index (χ3n) is 3.64. The minimum atomic E-state index is 0.226. The van der Waals surface area contributed by atoms with Gasteiger partial charge in [-0.25, -0.2) is 0 Å². The van der Waals surface area contributed by atoms with E-state index in [1.165, 1.54) is 17.7 Å². The maximum Gasteiger partial charge on any atom is 0.0441 e. The summed E-state index contributed by atoms with van der Waals surface area (Å²) in [4.78, 5) is 2.51. The Balaban J connectivity index is 2.21. The fraction of sp³-hybridized carbons (Fsp3) is 0.600. The molecule has 0 fully saturated rings. The van der Waals surface area contributed by atoms with E-state index in [0.29, 0.717) is 12.0 Å². The van der Waals surface area contributed by atoms with Crippen molar-refractivity contribution in [2.24, 2.45) is 11.7 Å². The normalized spacial score (nSPS) is 18.3.